The minimum atomic E-state index is -1.27. The quantitative estimate of drug-likeness (QED) is 0.587. The number of imidazole rings is 1. The molecule has 8 heteroatoms. The lowest BCUT2D eigenvalue weighted by Gasteiger charge is -2.14. The molecule has 8 nitrogen and oxygen atoms in total. The minimum absolute atomic E-state index is 0.218. The van der Waals surface area contributed by atoms with Gasteiger partial charge in [-0.25, -0.2) is 9.78 Å². The second kappa shape index (κ2) is 5.51. The van der Waals surface area contributed by atoms with E-state index in [1.807, 2.05) is 0 Å². The van der Waals surface area contributed by atoms with Gasteiger partial charge < -0.3 is 20.7 Å². The van der Waals surface area contributed by atoms with Gasteiger partial charge in [-0.05, 0) is 19.3 Å². The zero-order chi connectivity index (χ0) is 13.8. The average molecular weight is 266 g/mol. The molecule has 1 aliphatic rings. The Labute approximate surface area is 108 Å². The summed E-state index contributed by atoms with van der Waals surface area (Å²) in [5, 5.41) is 14.1. The summed E-state index contributed by atoms with van der Waals surface area (Å²) in [6, 6.07) is -0.645. The minimum Gasteiger partial charge on any atom is -0.477 e. The van der Waals surface area contributed by atoms with E-state index in [1.54, 1.807) is 0 Å². The van der Waals surface area contributed by atoms with Crippen LogP contribution in [0, 0.1) is 0 Å². The van der Waals surface area contributed by atoms with Gasteiger partial charge in [0.05, 0.1) is 6.33 Å². The number of rotatable bonds is 3. The molecule has 0 radical (unpaired) electrons. The molecule has 0 aromatic carbocycles. The van der Waals surface area contributed by atoms with Crippen molar-refractivity contribution in [3.63, 3.8) is 0 Å². The van der Waals surface area contributed by atoms with Crippen molar-refractivity contribution < 1.29 is 19.5 Å². The number of nitrogens with one attached hydrogen (secondary N) is 3. The van der Waals surface area contributed by atoms with Gasteiger partial charge in [0.2, 0.25) is 5.91 Å². The summed E-state index contributed by atoms with van der Waals surface area (Å²) in [7, 11) is 0. The first-order chi connectivity index (χ1) is 9.09. The zero-order valence-electron chi connectivity index (χ0n) is 10.1. The van der Waals surface area contributed by atoms with Gasteiger partial charge in [0, 0.05) is 6.54 Å². The van der Waals surface area contributed by atoms with Gasteiger partial charge in [-0.1, -0.05) is 0 Å². The summed E-state index contributed by atoms with van der Waals surface area (Å²) >= 11 is 0. The van der Waals surface area contributed by atoms with Gasteiger partial charge >= 0.3 is 5.97 Å². The van der Waals surface area contributed by atoms with E-state index >= 15 is 0 Å². The predicted octanol–water partition coefficient (Wildman–Crippen LogP) is -0.494. The number of carbonyl (C=O) groups is 3. The van der Waals surface area contributed by atoms with E-state index in [1.165, 1.54) is 0 Å². The van der Waals surface area contributed by atoms with Gasteiger partial charge in [0.1, 0.15) is 6.04 Å². The highest BCUT2D eigenvalue weighted by molar-refractivity contribution is 6.03. The topological polar surface area (TPSA) is 124 Å². The zero-order valence-corrected chi connectivity index (χ0v) is 10.1. The van der Waals surface area contributed by atoms with Crippen LogP contribution in [-0.2, 0) is 4.79 Å². The Bertz CT molecular complexity index is 511. The van der Waals surface area contributed by atoms with Crippen LogP contribution < -0.4 is 10.6 Å². The van der Waals surface area contributed by atoms with E-state index in [-0.39, 0.29) is 17.3 Å². The Morgan fingerprint density at radius 2 is 2.21 bits per heavy atom. The molecular weight excluding hydrogens is 252 g/mol. The Morgan fingerprint density at radius 1 is 1.42 bits per heavy atom. The molecule has 0 bridgehead atoms. The summed E-state index contributed by atoms with van der Waals surface area (Å²) in [5.41, 5.74) is -0.504. The van der Waals surface area contributed by atoms with Gasteiger partial charge in [0.25, 0.3) is 5.91 Å². The number of aromatic carboxylic acids is 1. The molecule has 1 unspecified atom stereocenters. The molecule has 0 saturated carbocycles. The fourth-order valence-corrected chi connectivity index (χ4v) is 1.93. The van der Waals surface area contributed by atoms with E-state index in [9.17, 15) is 14.4 Å². The summed E-state index contributed by atoms with van der Waals surface area (Å²) in [5.74, 6) is -2.19. The highest BCUT2D eigenvalue weighted by Gasteiger charge is 2.26. The van der Waals surface area contributed by atoms with Crippen LogP contribution in [0.3, 0.4) is 0 Å². The maximum atomic E-state index is 11.9. The van der Waals surface area contributed by atoms with Crippen molar-refractivity contribution in [2.24, 2.45) is 0 Å². The molecule has 1 aromatic heterocycles. The molecule has 1 atom stereocenters. The van der Waals surface area contributed by atoms with Crippen molar-refractivity contribution in [3.8, 4) is 0 Å². The summed E-state index contributed by atoms with van der Waals surface area (Å²) in [6.45, 7) is 0.591. The third kappa shape index (κ3) is 2.90. The van der Waals surface area contributed by atoms with Gasteiger partial charge in [-0.3, -0.25) is 9.59 Å². The largest absolute Gasteiger partial charge is 0.477 e. The number of carboxylic acid groups (broad SMARTS) is 1. The van der Waals surface area contributed by atoms with Crippen molar-refractivity contribution in [1.82, 2.24) is 20.6 Å². The second-order valence-electron chi connectivity index (χ2n) is 4.24. The molecule has 2 heterocycles. The van der Waals surface area contributed by atoms with Crippen LogP contribution in [0.5, 0.6) is 0 Å². The molecule has 19 heavy (non-hydrogen) atoms. The smallest absolute Gasteiger partial charge is 0.354 e. The van der Waals surface area contributed by atoms with Crippen molar-refractivity contribution in [2.45, 2.75) is 25.3 Å². The fraction of sp³-hybridized carbons (Fsp3) is 0.455. The predicted molar refractivity (Wildman–Crippen MR) is 63.7 cm³/mol. The Balaban J connectivity index is 2.09. The van der Waals surface area contributed by atoms with Crippen molar-refractivity contribution >= 4 is 17.8 Å². The normalized spacial score (nSPS) is 19.4. The first-order valence-corrected chi connectivity index (χ1v) is 5.95. The molecule has 1 fully saturated rings. The maximum Gasteiger partial charge on any atom is 0.354 e. The van der Waals surface area contributed by atoms with E-state index < -0.39 is 17.9 Å². The van der Waals surface area contributed by atoms with E-state index in [2.05, 4.69) is 20.6 Å². The number of aromatic nitrogens is 2. The molecule has 2 rings (SSSR count). The van der Waals surface area contributed by atoms with Crippen LogP contribution >= 0.6 is 0 Å². The molecule has 1 aliphatic heterocycles. The van der Waals surface area contributed by atoms with E-state index in [0.29, 0.717) is 13.0 Å². The summed E-state index contributed by atoms with van der Waals surface area (Å²) < 4.78 is 0. The molecule has 0 aliphatic carbocycles. The number of carboxylic acids is 1. The lowest BCUT2D eigenvalue weighted by atomic mass is 10.1. The summed E-state index contributed by atoms with van der Waals surface area (Å²) in [4.78, 5) is 40.5. The number of hydrogen-bond donors (Lipinski definition) is 4. The maximum absolute atomic E-state index is 11.9. The molecule has 1 saturated heterocycles. The lowest BCUT2D eigenvalue weighted by molar-refractivity contribution is -0.122. The lowest BCUT2D eigenvalue weighted by Crippen LogP contribution is -2.45. The SMILES string of the molecule is O=C(NC1CCCCNC1=O)c1nc[nH]c1C(=O)O. The molecule has 2 amide bonds. The van der Waals surface area contributed by atoms with Crippen molar-refractivity contribution in [1.29, 1.82) is 0 Å². The third-order valence-corrected chi connectivity index (χ3v) is 2.91. The van der Waals surface area contributed by atoms with Crippen LogP contribution in [0.25, 0.3) is 0 Å². The van der Waals surface area contributed by atoms with Crippen molar-refractivity contribution in [3.05, 3.63) is 17.7 Å². The molecule has 4 N–H and O–H groups in total. The summed E-state index contributed by atoms with van der Waals surface area (Å²) in [6.07, 6.45) is 3.34. The first kappa shape index (κ1) is 13.1. The van der Waals surface area contributed by atoms with Gasteiger partial charge in [-0.2, -0.15) is 0 Å². The monoisotopic (exact) mass is 266 g/mol. The molecule has 1 aromatic rings. The van der Waals surface area contributed by atoms with Crippen LogP contribution in [-0.4, -0.2) is 45.4 Å². The molecule has 102 valence electrons. The fourth-order valence-electron chi connectivity index (χ4n) is 1.93. The Kier molecular flexibility index (Phi) is 3.79. The number of H-pyrrole nitrogens is 1. The number of nitrogens with zero attached hydrogens (tertiary/aromatic N) is 1. The number of aromatic amines is 1. The molecule has 0 spiro atoms. The number of amides is 2. The van der Waals surface area contributed by atoms with Crippen LogP contribution in [0.4, 0.5) is 0 Å². The number of hydrogen-bond acceptors (Lipinski definition) is 4. The van der Waals surface area contributed by atoms with Gasteiger partial charge in [0.15, 0.2) is 11.4 Å². The average Bonchev–Trinajstić information content (AvgIpc) is 2.78. The highest BCUT2D eigenvalue weighted by atomic mass is 16.4. The number of carbonyl (C=O) groups excluding carboxylic acids is 2. The standard InChI is InChI=1S/C11H14N4O4/c16-9-6(3-1-2-4-12-9)15-10(17)7-8(11(18)19)14-5-13-7/h5-6H,1-4H2,(H,12,16)(H,13,14)(H,15,17)(H,18,19). The highest BCUT2D eigenvalue weighted by Crippen LogP contribution is 2.08. The first-order valence-electron chi connectivity index (χ1n) is 5.95. The van der Waals surface area contributed by atoms with Crippen LogP contribution in [0.2, 0.25) is 0 Å². The third-order valence-electron chi connectivity index (χ3n) is 2.91. The van der Waals surface area contributed by atoms with Gasteiger partial charge in [-0.15, -0.1) is 0 Å². The van der Waals surface area contributed by atoms with Crippen LogP contribution in [0.1, 0.15) is 40.2 Å². The van der Waals surface area contributed by atoms with Crippen molar-refractivity contribution in [2.75, 3.05) is 6.54 Å². The Morgan fingerprint density at radius 3 is 2.95 bits per heavy atom. The van der Waals surface area contributed by atoms with Crippen LogP contribution in [0.15, 0.2) is 6.33 Å². The second-order valence-corrected chi connectivity index (χ2v) is 4.24. The van der Waals surface area contributed by atoms with E-state index in [4.69, 9.17) is 5.11 Å². The van der Waals surface area contributed by atoms with E-state index in [0.717, 1.165) is 19.2 Å². The Hall–Kier alpha value is -2.38. The molecular formula is C11H14N4O4.